The van der Waals surface area contributed by atoms with E-state index in [-0.39, 0.29) is 12.3 Å². The number of benzene rings is 1. The number of piperazine rings is 1. The number of ether oxygens (including phenoxy) is 1. The average molecular weight is 434 g/mol. The number of nitrogens with zero attached hydrogens (tertiary/aromatic N) is 4. The highest BCUT2D eigenvalue weighted by atomic mass is 32.2. The van der Waals surface area contributed by atoms with Crippen molar-refractivity contribution in [3.8, 4) is 5.75 Å². The number of aliphatic carboxylic acids is 1. The van der Waals surface area contributed by atoms with Crippen molar-refractivity contribution in [2.45, 2.75) is 18.6 Å². The van der Waals surface area contributed by atoms with Crippen LogP contribution in [0.25, 0.3) is 0 Å². The van der Waals surface area contributed by atoms with Crippen LogP contribution in [0.2, 0.25) is 0 Å². The molecule has 0 spiro atoms. The number of carboxylic acid groups (broad SMARTS) is 1. The van der Waals surface area contributed by atoms with E-state index in [1.165, 1.54) is 0 Å². The summed E-state index contributed by atoms with van der Waals surface area (Å²) in [5.41, 5.74) is 0.846. The Kier molecular flexibility index (Phi) is 8.23. The molecular formula is C20H27N5O4S. The van der Waals surface area contributed by atoms with E-state index in [0.717, 1.165) is 62.3 Å². The minimum Gasteiger partial charge on any atom is -0.492 e. The molecule has 0 aliphatic carbocycles. The first-order chi connectivity index (χ1) is 14.5. The first-order valence-corrected chi connectivity index (χ1v) is 10.9. The number of amidine groups is 1. The van der Waals surface area contributed by atoms with Gasteiger partial charge in [-0.1, -0.05) is 18.7 Å². The molecule has 0 bridgehead atoms. The summed E-state index contributed by atoms with van der Waals surface area (Å²) in [4.78, 5) is 27.3. The van der Waals surface area contributed by atoms with Gasteiger partial charge in [0.25, 0.3) is 0 Å². The largest absolute Gasteiger partial charge is 0.492 e. The van der Waals surface area contributed by atoms with E-state index >= 15 is 0 Å². The van der Waals surface area contributed by atoms with Crippen molar-refractivity contribution in [3.63, 3.8) is 0 Å². The van der Waals surface area contributed by atoms with E-state index in [1.807, 2.05) is 24.3 Å². The van der Waals surface area contributed by atoms with Gasteiger partial charge in [0.15, 0.2) is 5.17 Å². The van der Waals surface area contributed by atoms with Gasteiger partial charge >= 0.3 is 5.97 Å². The predicted molar refractivity (Wildman–Crippen MR) is 117 cm³/mol. The number of carboxylic acids is 1. The molecule has 2 heterocycles. The first kappa shape index (κ1) is 22.3. The summed E-state index contributed by atoms with van der Waals surface area (Å²) in [6.07, 6.45) is 1.33. The zero-order chi connectivity index (χ0) is 21.3. The van der Waals surface area contributed by atoms with Crippen LogP contribution in [-0.4, -0.2) is 89.3 Å². The number of likely N-dealkylation sites (N-methyl/N-ethyl adjacent to an activating group) is 1. The van der Waals surface area contributed by atoms with E-state index < -0.39 is 11.2 Å². The summed E-state index contributed by atoms with van der Waals surface area (Å²) in [6, 6.07) is 7.54. The number of thioether (sulfide) groups is 1. The molecule has 0 aromatic heterocycles. The van der Waals surface area contributed by atoms with Gasteiger partial charge in [-0.05, 0) is 36.4 Å². The Bertz CT molecular complexity index is 791. The third kappa shape index (κ3) is 6.82. The van der Waals surface area contributed by atoms with Crippen molar-refractivity contribution in [1.29, 1.82) is 0 Å². The summed E-state index contributed by atoms with van der Waals surface area (Å²) in [6.45, 7) is 9.31. The van der Waals surface area contributed by atoms with Gasteiger partial charge in [0, 0.05) is 32.7 Å². The summed E-state index contributed by atoms with van der Waals surface area (Å²) in [7, 11) is 0. The third-order valence-electron chi connectivity index (χ3n) is 4.96. The summed E-state index contributed by atoms with van der Waals surface area (Å²) in [5, 5.41) is 18.9. The normalized spacial score (nSPS) is 22.0. The predicted octanol–water partition coefficient (Wildman–Crippen LogP) is 1.10. The highest BCUT2D eigenvalue weighted by Gasteiger charge is 2.32. The van der Waals surface area contributed by atoms with Gasteiger partial charge < -0.3 is 20.1 Å². The molecule has 2 aliphatic heterocycles. The molecule has 1 aromatic carbocycles. The Morgan fingerprint density at radius 3 is 2.63 bits per heavy atom. The molecule has 2 N–H and O–H groups in total. The van der Waals surface area contributed by atoms with E-state index in [0.29, 0.717) is 11.8 Å². The topological polar surface area (TPSA) is 107 Å². The van der Waals surface area contributed by atoms with Crippen LogP contribution in [0.4, 0.5) is 0 Å². The molecule has 1 atom stereocenters. The lowest BCUT2D eigenvalue weighted by atomic mass is 10.2. The minimum absolute atomic E-state index is 0.240. The second kappa shape index (κ2) is 11.1. The Balaban J connectivity index is 1.40. The van der Waals surface area contributed by atoms with Crippen LogP contribution in [-0.2, 0) is 9.59 Å². The number of carbonyl (C=O) groups is 2. The maximum absolute atomic E-state index is 11.7. The van der Waals surface area contributed by atoms with Crippen LogP contribution in [0, 0.1) is 0 Å². The lowest BCUT2D eigenvalue weighted by Crippen LogP contribution is -2.47. The molecule has 1 unspecified atom stereocenters. The molecule has 30 heavy (non-hydrogen) atoms. The zero-order valence-corrected chi connectivity index (χ0v) is 17.8. The van der Waals surface area contributed by atoms with Crippen molar-refractivity contribution in [2.75, 3.05) is 45.9 Å². The molecule has 0 radical (unpaired) electrons. The van der Waals surface area contributed by atoms with Crippen molar-refractivity contribution >= 4 is 35.0 Å². The summed E-state index contributed by atoms with van der Waals surface area (Å²) in [5.74, 6) is -0.570. The highest BCUT2D eigenvalue weighted by molar-refractivity contribution is 8.15. The maximum atomic E-state index is 11.7. The second-order valence-electron chi connectivity index (χ2n) is 7.04. The van der Waals surface area contributed by atoms with Gasteiger partial charge in [-0.25, -0.2) is 0 Å². The van der Waals surface area contributed by atoms with E-state index in [2.05, 4.69) is 32.2 Å². The lowest BCUT2D eigenvalue weighted by Gasteiger charge is -2.33. The molecule has 9 nitrogen and oxygen atoms in total. The van der Waals surface area contributed by atoms with Crippen molar-refractivity contribution < 1.29 is 19.4 Å². The summed E-state index contributed by atoms with van der Waals surface area (Å²) >= 11 is 1.07. The fourth-order valence-electron chi connectivity index (χ4n) is 3.16. The molecule has 10 heteroatoms. The van der Waals surface area contributed by atoms with Crippen LogP contribution < -0.4 is 10.1 Å². The molecule has 2 saturated heterocycles. The summed E-state index contributed by atoms with van der Waals surface area (Å²) < 4.78 is 5.83. The van der Waals surface area contributed by atoms with Crippen LogP contribution in [0.3, 0.4) is 0 Å². The van der Waals surface area contributed by atoms with Gasteiger partial charge in [-0.3, -0.25) is 14.5 Å². The molecule has 1 amide bonds. The SMILES string of the molecule is CCN1CCN(CCOc2ccc(C=NN=C3NC(=O)C(CC(=O)O)S3)cc2)CC1. The first-order valence-electron chi connectivity index (χ1n) is 10.0. The van der Waals surface area contributed by atoms with Crippen LogP contribution in [0.15, 0.2) is 34.5 Å². The smallest absolute Gasteiger partial charge is 0.305 e. The van der Waals surface area contributed by atoms with Crippen LogP contribution >= 0.6 is 11.8 Å². The van der Waals surface area contributed by atoms with E-state index in [1.54, 1.807) is 6.21 Å². The highest BCUT2D eigenvalue weighted by Crippen LogP contribution is 2.22. The average Bonchev–Trinajstić information content (AvgIpc) is 3.08. The lowest BCUT2D eigenvalue weighted by molar-refractivity contribution is -0.138. The fourth-order valence-corrected chi connectivity index (χ4v) is 4.08. The maximum Gasteiger partial charge on any atom is 0.305 e. The second-order valence-corrected chi connectivity index (χ2v) is 8.23. The van der Waals surface area contributed by atoms with E-state index in [9.17, 15) is 9.59 Å². The monoisotopic (exact) mass is 433 g/mol. The number of carbonyl (C=O) groups excluding carboxylic acids is 1. The molecular weight excluding hydrogens is 406 g/mol. The Morgan fingerprint density at radius 2 is 1.97 bits per heavy atom. The Labute approximate surface area is 180 Å². The van der Waals surface area contributed by atoms with Gasteiger partial charge in [0.1, 0.15) is 17.6 Å². The molecule has 0 saturated carbocycles. The number of hydrogen-bond acceptors (Lipinski definition) is 8. The van der Waals surface area contributed by atoms with Crippen molar-refractivity contribution in [1.82, 2.24) is 15.1 Å². The fraction of sp³-hybridized carbons (Fsp3) is 0.500. The van der Waals surface area contributed by atoms with Crippen molar-refractivity contribution in [3.05, 3.63) is 29.8 Å². The van der Waals surface area contributed by atoms with E-state index in [4.69, 9.17) is 9.84 Å². The Morgan fingerprint density at radius 1 is 1.27 bits per heavy atom. The standard InChI is InChI=1S/C20H27N5O4S/c1-2-24-7-9-25(10-8-24)11-12-29-16-5-3-15(4-6-16)14-21-23-20-22-19(28)17(30-20)13-18(26)27/h3-6,14,17H,2,7-13H2,1H3,(H,26,27)(H,22,23,28). The van der Waals surface area contributed by atoms with Gasteiger partial charge in [0.05, 0.1) is 12.6 Å². The minimum atomic E-state index is -1.02. The van der Waals surface area contributed by atoms with Gasteiger partial charge in [-0.15, -0.1) is 5.10 Å². The molecule has 162 valence electrons. The number of amides is 1. The van der Waals surface area contributed by atoms with Crippen molar-refractivity contribution in [2.24, 2.45) is 10.2 Å². The van der Waals surface area contributed by atoms with Crippen LogP contribution in [0.1, 0.15) is 18.9 Å². The Hall–Kier alpha value is -2.43. The zero-order valence-electron chi connectivity index (χ0n) is 17.0. The molecule has 2 fully saturated rings. The molecule has 3 rings (SSSR count). The molecule has 1 aromatic rings. The number of nitrogens with one attached hydrogen (secondary N) is 1. The van der Waals surface area contributed by atoms with Gasteiger partial charge in [0.2, 0.25) is 5.91 Å². The molecule has 2 aliphatic rings. The quantitative estimate of drug-likeness (QED) is 0.444. The number of hydrogen-bond donors (Lipinski definition) is 2. The van der Waals surface area contributed by atoms with Gasteiger partial charge in [-0.2, -0.15) is 5.10 Å². The number of rotatable bonds is 9. The third-order valence-corrected chi connectivity index (χ3v) is 6.03. The van der Waals surface area contributed by atoms with Crippen LogP contribution in [0.5, 0.6) is 5.75 Å².